The molecule has 0 amide bonds. The normalized spacial score (nSPS) is 25.4. The minimum Gasteiger partial charge on any atom is -0.399 e. The molecule has 0 aromatic heterocycles. The number of piperidine rings is 1. The van der Waals surface area contributed by atoms with Crippen LogP contribution >= 0.6 is 15.9 Å². The number of rotatable bonds is 2. The Kier molecular flexibility index (Phi) is 4.23. The van der Waals surface area contributed by atoms with Crippen molar-refractivity contribution in [2.24, 2.45) is 11.8 Å². The topological polar surface area (TPSA) is 63.4 Å². The maximum atomic E-state index is 12.7. The molecule has 1 saturated heterocycles. The van der Waals surface area contributed by atoms with Gasteiger partial charge in [0.2, 0.25) is 10.0 Å². The molecular formula is C13H19BrN2O2S. The van der Waals surface area contributed by atoms with Gasteiger partial charge in [-0.2, -0.15) is 4.31 Å². The molecule has 0 bridgehead atoms. The lowest BCUT2D eigenvalue weighted by atomic mass is 9.90. The van der Waals surface area contributed by atoms with Crippen molar-refractivity contribution in [2.75, 3.05) is 18.8 Å². The quantitative estimate of drug-likeness (QED) is 0.837. The Morgan fingerprint density at radius 1 is 1.32 bits per heavy atom. The van der Waals surface area contributed by atoms with Crippen LogP contribution in [0.2, 0.25) is 0 Å². The third kappa shape index (κ3) is 2.95. The lowest BCUT2D eigenvalue weighted by molar-refractivity contribution is 0.212. The van der Waals surface area contributed by atoms with E-state index in [1.54, 1.807) is 16.4 Å². The Hall–Kier alpha value is -0.590. The van der Waals surface area contributed by atoms with E-state index in [1.165, 1.54) is 6.07 Å². The van der Waals surface area contributed by atoms with Crippen LogP contribution in [0.5, 0.6) is 0 Å². The van der Waals surface area contributed by atoms with E-state index in [-0.39, 0.29) is 4.90 Å². The highest BCUT2D eigenvalue weighted by molar-refractivity contribution is 9.10. The molecule has 0 saturated carbocycles. The summed E-state index contributed by atoms with van der Waals surface area (Å²) in [7, 11) is -3.47. The Morgan fingerprint density at radius 3 is 2.63 bits per heavy atom. The van der Waals surface area contributed by atoms with Crippen LogP contribution in [0.3, 0.4) is 0 Å². The van der Waals surface area contributed by atoms with Crippen molar-refractivity contribution in [2.45, 2.75) is 25.2 Å². The minimum atomic E-state index is -3.47. The van der Waals surface area contributed by atoms with E-state index in [0.717, 1.165) is 6.42 Å². The largest absolute Gasteiger partial charge is 0.399 e. The summed E-state index contributed by atoms with van der Waals surface area (Å²) >= 11 is 3.30. The first-order valence-electron chi connectivity index (χ1n) is 6.37. The van der Waals surface area contributed by atoms with E-state index < -0.39 is 10.0 Å². The predicted molar refractivity (Wildman–Crippen MR) is 80.3 cm³/mol. The maximum absolute atomic E-state index is 12.7. The number of sulfonamides is 1. The smallest absolute Gasteiger partial charge is 0.244 e. The zero-order valence-electron chi connectivity index (χ0n) is 11.1. The molecular weight excluding hydrogens is 328 g/mol. The monoisotopic (exact) mass is 346 g/mol. The fourth-order valence-corrected chi connectivity index (χ4v) is 4.81. The summed E-state index contributed by atoms with van der Waals surface area (Å²) < 4.78 is 27.4. The van der Waals surface area contributed by atoms with Crippen molar-refractivity contribution in [1.82, 2.24) is 4.31 Å². The van der Waals surface area contributed by atoms with Gasteiger partial charge in [0, 0.05) is 23.2 Å². The second-order valence-electron chi connectivity index (χ2n) is 5.30. The standard InChI is InChI=1S/C13H19BrN2O2S/c1-9-5-6-16(8-10(9)2)19(17,18)13-7-11(15)3-4-12(13)14/h3-4,7,9-10H,5-6,8,15H2,1-2H3. The van der Waals surface area contributed by atoms with Crippen LogP contribution in [0.15, 0.2) is 27.6 Å². The molecule has 6 heteroatoms. The zero-order chi connectivity index (χ0) is 14.2. The van der Waals surface area contributed by atoms with Crippen molar-refractivity contribution in [3.8, 4) is 0 Å². The van der Waals surface area contributed by atoms with Crippen molar-refractivity contribution >= 4 is 31.6 Å². The molecule has 0 radical (unpaired) electrons. The molecule has 1 aromatic rings. The molecule has 2 N–H and O–H groups in total. The number of halogens is 1. The van der Waals surface area contributed by atoms with E-state index in [9.17, 15) is 8.42 Å². The molecule has 0 spiro atoms. The molecule has 19 heavy (non-hydrogen) atoms. The zero-order valence-corrected chi connectivity index (χ0v) is 13.5. The molecule has 1 heterocycles. The number of nitrogens with zero attached hydrogens (tertiary/aromatic N) is 1. The number of hydrogen-bond donors (Lipinski definition) is 1. The molecule has 2 unspecified atom stereocenters. The minimum absolute atomic E-state index is 0.259. The van der Waals surface area contributed by atoms with Gasteiger partial charge in [-0.3, -0.25) is 0 Å². The summed E-state index contributed by atoms with van der Waals surface area (Å²) in [6, 6.07) is 4.88. The summed E-state index contributed by atoms with van der Waals surface area (Å²) in [6.07, 6.45) is 0.903. The van der Waals surface area contributed by atoms with Crippen molar-refractivity contribution in [3.05, 3.63) is 22.7 Å². The van der Waals surface area contributed by atoms with Crippen LogP contribution < -0.4 is 5.73 Å². The number of benzene rings is 1. The van der Waals surface area contributed by atoms with E-state index in [4.69, 9.17) is 5.73 Å². The van der Waals surface area contributed by atoms with Gasteiger partial charge >= 0.3 is 0 Å². The Morgan fingerprint density at radius 2 is 2.00 bits per heavy atom. The van der Waals surface area contributed by atoms with Gasteiger partial charge < -0.3 is 5.73 Å². The lowest BCUT2D eigenvalue weighted by Gasteiger charge is -2.34. The summed E-state index contributed by atoms with van der Waals surface area (Å²) in [5, 5.41) is 0. The first-order valence-corrected chi connectivity index (χ1v) is 8.61. The van der Waals surface area contributed by atoms with Crippen LogP contribution in [-0.2, 0) is 10.0 Å². The maximum Gasteiger partial charge on any atom is 0.244 e. The Balaban J connectivity index is 2.35. The van der Waals surface area contributed by atoms with E-state index in [2.05, 4.69) is 29.8 Å². The first-order chi connectivity index (χ1) is 8.82. The summed E-state index contributed by atoms with van der Waals surface area (Å²) in [5.74, 6) is 0.944. The van der Waals surface area contributed by atoms with Crippen LogP contribution in [0, 0.1) is 11.8 Å². The molecule has 2 atom stereocenters. The van der Waals surface area contributed by atoms with Gasteiger partial charge in [0.1, 0.15) is 0 Å². The average Bonchev–Trinajstić information content (AvgIpc) is 2.35. The average molecular weight is 347 g/mol. The summed E-state index contributed by atoms with van der Waals surface area (Å²) in [4.78, 5) is 0.259. The highest BCUT2D eigenvalue weighted by Gasteiger charge is 2.32. The number of anilines is 1. The second kappa shape index (κ2) is 5.42. The molecule has 106 valence electrons. The van der Waals surface area contributed by atoms with Crippen LogP contribution in [-0.4, -0.2) is 25.8 Å². The third-order valence-corrected chi connectivity index (χ3v) is 6.73. The summed E-state index contributed by atoms with van der Waals surface area (Å²) in [6.45, 7) is 5.42. The van der Waals surface area contributed by atoms with Gasteiger partial charge in [-0.1, -0.05) is 13.8 Å². The highest BCUT2D eigenvalue weighted by atomic mass is 79.9. The number of hydrogen-bond acceptors (Lipinski definition) is 3. The number of nitrogens with two attached hydrogens (primary N) is 1. The third-order valence-electron chi connectivity index (χ3n) is 3.87. The van der Waals surface area contributed by atoms with Crippen molar-refractivity contribution in [3.63, 3.8) is 0 Å². The van der Waals surface area contributed by atoms with E-state index in [0.29, 0.717) is 35.1 Å². The lowest BCUT2D eigenvalue weighted by Crippen LogP contribution is -2.42. The molecule has 2 rings (SSSR count). The molecule has 1 aliphatic heterocycles. The van der Waals surface area contributed by atoms with Gasteiger partial charge in [-0.15, -0.1) is 0 Å². The molecule has 4 nitrogen and oxygen atoms in total. The Labute approximate surface area is 123 Å². The molecule has 0 aliphatic carbocycles. The van der Waals surface area contributed by atoms with Crippen molar-refractivity contribution < 1.29 is 8.42 Å². The van der Waals surface area contributed by atoms with Gasteiger partial charge in [0.15, 0.2) is 0 Å². The molecule has 1 aromatic carbocycles. The molecule has 1 aliphatic rings. The highest BCUT2D eigenvalue weighted by Crippen LogP contribution is 2.31. The Bertz CT molecular complexity index is 574. The van der Waals surface area contributed by atoms with E-state index >= 15 is 0 Å². The second-order valence-corrected chi connectivity index (χ2v) is 8.06. The van der Waals surface area contributed by atoms with Gasteiger partial charge in [0.05, 0.1) is 4.90 Å². The van der Waals surface area contributed by atoms with Gasteiger partial charge in [-0.05, 0) is 52.4 Å². The fourth-order valence-electron chi connectivity index (χ4n) is 2.30. The fraction of sp³-hybridized carbons (Fsp3) is 0.538. The first kappa shape index (κ1) is 14.8. The van der Waals surface area contributed by atoms with E-state index in [1.807, 2.05) is 0 Å². The molecule has 1 fully saturated rings. The number of nitrogen functional groups attached to an aromatic ring is 1. The van der Waals surface area contributed by atoms with Gasteiger partial charge in [0.25, 0.3) is 0 Å². The summed E-state index contributed by atoms with van der Waals surface area (Å²) in [5.41, 5.74) is 6.16. The van der Waals surface area contributed by atoms with Crippen LogP contribution in [0.4, 0.5) is 5.69 Å². The van der Waals surface area contributed by atoms with Crippen molar-refractivity contribution in [1.29, 1.82) is 0 Å². The predicted octanol–water partition coefficient (Wildman–Crippen LogP) is 2.70. The van der Waals surface area contributed by atoms with Crippen LogP contribution in [0.1, 0.15) is 20.3 Å². The SMILES string of the molecule is CC1CCN(S(=O)(=O)c2cc(N)ccc2Br)CC1C. The van der Waals surface area contributed by atoms with Crippen LogP contribution in [0.25, 0.3) is 0 Å². The van der Waals surface area contributed by atoms with Gasteiger partial charge in [-0.25, -0.2) is 8.42 Å².